The molecule has 0 fully saturated rings. The van der Waals surface area contributed by atoms with Crippen LogP contribution in [-0.4, -0.2) is 39.3 Å². The molecule has 2 aromatic rings. The zero-order valence-electron chi connectivity index (χ0n) is 14.7. The second-order valence-electron chi connectivity index (χ2n) is 5.01. The smallest absolute Gasteiger partial charge is 0.273 e. The van der Waals surface area contributed by atoms with E-state index in [1.807, 2.05) is 0 Å². The molecule has 9 heteroatoms. The molecule has 0 radical (unpaired) electrons. The number of carbonyl (C=O) groups excluding carboxylic acids is 1. The van der Waals surface area contributed by atoms with Gasteiger partial charge in [0.15, 0.2) is 11.5 Å². The van der Waals surface area contributed by atoms with Crippen LogP contribution in [0.3, 0.4) is 0 Å². The van der Waals surface area contributed by atoms with Crippen LogP contribution in [0.4, 0.5) is 11.4 Å². The maximum absolute atomic E-state index is 12.6. The number of rotatable bonds is 7. The highest BCUT2D eigenvalue weighted by atomic mass is 16.6. The van der Waals surface area contributed by atoms with Gasteiger partial charge in [-0.1, -0.05) is 0 Å². The molecular weight excluding hydrogens is 344 g/mol. The number of nitrogens with one attached hydrogen (secondary N) is 1. The second-order valence-corrected chi connectivity index (χ2v) is 5.01. The summed E-state index contributed by atoms with van der Waals surface area (Å²) in [5.74, 6) is 0.705. The van der Waals surface area contributed by atoms with Crippen LogP contribution in [0.1, 0.15) is 10.4 Å². The minimum absolute atomic E-state index is 0.146. The Kier molecular flexibility index (Phi) is 5.84. The number of nitro benzene ring substituents is 1. The highest BCUT2D eigenvalue weighted by molar-refractivity contribution is 6.06. The molecule has 138 valence electrons. The fourth-order valence-corrected chi connectivity index (χ4v) is 2.30. The van der Waals surface area contributed by atoms with Gasteiger partial charge >= 0.3 is 0 Å². The molecule has 0 aliphatic carbocycles. The van der Waals surface area contributed by atoms with Crippen LogP contribution in [-0.2, 0) is 0 Å². The van der Waals surface area contributed by atoms with E-state index < -0.39 is 10.8 Å². The summed E-state index contributed by atoms with van der Waals surface area (Å²) in [5.41, 5.74) is 0.393. The molecule has 1 amide bonds. The summed E-state index contributed by atoms with van der Waals surface area (Å²) in [7, 11) is 5.70. The number of methoxy groups -OCH3 is 4. The summed E-state index contributed by atoms with van der Waals surface area (Å²) < 4.78 is 20.8. The Morgan fingerprint density at radius 1 is 0.923 bits per heavy atom. The van der Waals surface area contributed by atoms with Gasteiger partial charge in [0.05, 0.1) is 45.1 Å². The number of carbonyl (C=O) groups is 1. The van der Waals surface area contributed by atoms with E-state index in [2.05, 4.69) is 5.32 Å². The van der Waals surface area contributed by atoms with Crippen LogP contribution in [0.2, 0.25) is 0 Å². The van der Waals surface area contributed by atoms with E-state index in [-0.39, 0.29) is 22.7 Å². The topological polar surface area (TPSA) is 109 Å². The molecule has 1 N–H and O–H groups in total. The van der Waals surface area contributed by atoms with Crippen LogP contribution in [0.15, 0.2) is 30.3 Å². The van der Waals surface area contributed by atoms with Gasteiger partial charge in [0, 0.05) is 11.6 Å². The third-order valence-electron chi connectivity index (χ3n) is 3.57. The van der Waals surface area contributed by atoms with Crippen molar-refractivity contribution in [3.05, 3.63) is 46.0 Å². The Labute approximate surface area is 149 Å². The molecule has 26 heavy (non-hydrogen) atoms. The maximum Gasteiger partial charge on any atom is 0.273 e. The Bertz CT molecular complexity index is 811. The molecule has 0 unspecified atom stereocenters. The lowest BCUT2D eigenvalue weighted by atomic mass is 10.1. The lowest BCUT2D eigenvalue weighted by molar-refractivity contribution is -0.384. The van der Waals surface area contributed by atoms with Gasteiger partial charge in [-0.05, 0) is 18.2 Å². The number of nitrogens with zero attached hydrogens (tertiary/aromatic N) is 1. The van der Waals surface area contributed by atoms with E-state index >= 15 is 0 Å². The zero-order chi connectivity index (χ0) is 19.3. The number of hydrogen-bond acceptors (Lipinski definition) is 7. The van der Waals surface area contributed by atoms with Gasteiger partial charge < -0.3 is 24.3 Å². The van der Waals surface area contributed by atoms with Crippen molar-refractivity contribution in [2.24, 2.45) is 0 Å². The zero-order valence-corrected chi connectivity index (χ0v) is 14.7. The molecule has 2 aromatic carbocycles. The summed E-state index contributed by atoms with van der Waals surface area (Å²) >= 11 is 0. The molecular formula is C17H18N2O7. The van der Waals surface area contributed by atoms with Crippen molar-refractivity contribution in [3.8, 4) is 23.0 Å². The molecule has 0 bridgehead atoms. The first kappa shape index (κ1) is 18.8. The van der Waals surface area contributed by atoms with Crippen molar-refractivity contribution in [1.82, 2.24) is 0 Å². The summed E-state index contributed by atoms with van der Waals surface area (Å²) in [5, 5.41) is 13.5. The van der Waals surface area contributed by atoms with E-state index in [4.69, 9.17) is 18.9 Å². The van der Waals surface area contributed by atoms with E-state index in [0.29, 0.717) is 17.2 Å². The van der Waals surface area contributed by atoms with Gasteiger partial charge in [0.1, 0.15) is 5.75 Å². The van der Waals surface area contributed by atoms with E-state index in [9.17, 15) is 14.9 Å². The molecule has 9 nitrogen and oxygen atoms in total. The van der Waals surface area contributed by atoms with E-state index in [1.165, 1.54) is 58.8 Å². The molecule has 0 aliphatic heterocycles. The van der Waals surface area contributed by atoms with Crippen molar-refractivity contribution < 1.29 is 28.7 Å². The first-order chi connectivity index (χ1) is 12.4. The quantitative estimate of drug-likeness (QED) is 0.596. The Morgan fingerprint density at radius 2 is 1.50 bits per heavy atom. The van der Waals surface area contributed by atoms with Crippen LogP contribution >= 0.6 is 0 Å². The number of non-ortho nitro benzene ring substituents is 1. The monoisotopic (exact) mass is 362 g/mol. The van der Waals surface area contributed by atoms with Crippen molar-refractivity contribution in [2.45, 2.75) is 0 Å². The minimum atomic E-state index is -0.548. The van der Waals surface area contributed by atoms with Crippen molar-refractivity contribution in [1.29, 1.82) is 0 Å². The standard InChI is InChI=1S/C17H18N2O7/c1-23-13-9-11(19(21)22)5-6-12(13)18-17(20)10-7-14(24-2)16(26-4)15(8-10)25-3/h5-9H,1-4H3,(H,18,20). The maximum atomic E-state index is 12.6. The summed E-state index contributed by atoms with van der Waals surface area (Å²) in [4.78, 5) is 22.9. The first-order valence-electron chi connectivity index (χ1n) is 7.39. The third-order valence-corrected chi connectivity index (χ3v) is 3.57. The molecule has 0 atom stereocenters. The van der Waals surface area contributed by atoms with Crippen LogP contribution in [0, 0.1) is 10.1 Å². The average molecular weight is 362 g/mol. The normalized spacial score (nSPS) is 10.0. The van der Waals surface area contributed by atoms with Gasteiger partial charge in [-0.15, -0.1) is 0 Å². The van der Waals surface area contributed by atoms with Crippen molar-refractivity contribution in [2.75, 3.05) is 33.8 Å². The van der Waals surface area contributed by atoms with E-state index in [1.54, 1.807) is 0 Å². The van der Waals surface area contributed by atoms with Crippen molar-refractivity contribution in [3.63, 3.8) is 0 Å². The number of benzene rings is 2. The fraction of sp³-hybridized carbons (Fsp3) is 0.235. The highest BCUT2D eigenvalue weighted by Gasteiger charge is 2.19. The number of ether oxygens (including phenoxy) is 4. The Balaban J connectivity index is 2.37. The molecule has 0 heterocycles. The number of hydrogen-bond donors (Lipinski definition) is 1. The Morgan fingerprint density at radius 3 is 1.96 bits per heavy atom. The van der Waals surface area contributed by atoms with Gasteiger partial charge in [-0.25, -0.2) is 0 Å². The number of anilines is 1. The van der Waals surface area contributed by atoms with Gasteiger partial charge in [0.2, 0.25) is 5.75 Å². The Hall–Kier alpha value is -3.49. The van der Waals surface area contributed by atoms with Gasteiger partial charge in [0.25, 0.3) is 11.6 Å². The largest absolute Gasteiger partial charge is 0.494 e. The van der Waals surface area contributed by atoms with Gasteiger partial charge in [-0.3, -0.25) is 14.9 Å². The molecule has 0 spiro atoms. The lowest BCUT2D eigenvalue weighted by Crippen LogP contribution is -2.13. The predicted molar refractivity (Wildman–Crippen MR) is 93.7 cm³/mol. The molecule has 0 aromatic heterocycles. The predicted octanol–water partition coefficient (Wildman–Crippen LogP) is 2.88. The first-order valence-corrected chi connectivity index (χ1v) is 7.39. The van der Waals surface area contributed by atoms with Crippen molar-refractivity contribution >= 4 is 17.3 Å². The molecule has 2 rings (SSSR count). The molecule has 0 saturated carbocycles. The van der Waals surface area contributed by atoms with Crippen LogP contribution in [0.25, 0.3) is 0 Å². The summed E-state index contributed by atoms with van der Waals surface area (Å²) in [6.07, 6.45) is 0. The average Bonchev–Trinajstić information content (AvgIpc) is 2.66. The number of amides is 1. The van der Waals surface area contributed by atoms with Crippen LogP contribution in [0.5, 0.6) is 23.0 Å². The third kappa shape index (κ3) is 3.77. The van der Waals surface area contributed by atoms with E-state index in [0.717, 1.165) is 0 Å². The number of nitro groups is 1. The SMILES string of the molecule is COc1cc([N+](=O)[O-])ccc1NC(=O)c1cc(OC)c(OC)c(OC)c1. The fourth-order valence-electron chi connectivity index (χ4n) is 2.30. The van der Waals surface area contributed by atoms with Gasteiger partial charge in [-0.2, -0.15) is 0 Å². The van der Waals surface area contributed by atoms with Crippen LogP contribution < -0.4 is 24.3 Å². The molecule has 0 saturated heterocycles. The summed E-state index contributed by atoms with van der Waals surface area (Å²) in [6.45, 7) is 0. The summed E-state index contributed by atoms with van der Waals surface area (Å²) in [6, 6.07) is 6.88. The molecule has 0 aliphatic rings. The minimum Gasteiger partial charge on any atom is -0.494 e. The highest BCUT2D eigenvalue weighted by Crippen LogP contribution is 2.38. The second kappa shape index (κ2) is 8.06. The lowest BCUT2D eigenvalue weighted by Gasteiger charge is -2.14.